The van der Waals surface area contributed by atoms with Crippen molar-refractivity contribution < 1.29 is 23.8 Å². The predicted molar refractivity (Wildman–Crippen MR) is 97.0 cm³/mol. The molecule has 0 aliphatic rings. The summed E-state index contributed by atoms with van der Waals surface area (Å²) in [5.41, 5.74) is 1.36. The molecule has 1 atom stereocenters. The Bertz CT molecular complexity index is 717. The van der Waals surface area contributed by atoms with Crippen LogP contribution in [-0.4, -0.2) is 38.2 Å². The molecule has 0 heterocycles. The summed E-state index contributed by atoms with van der Waals surface area (Å²) < 4.78 is 15.8. The van der Waals surface area contributed by atoms with Crippen LogP contribution in [0.1, 0.15) is 22.8 Å². The van der Waals surface area contributed by atoms with Crippen LogP contribution < -0.4 is 10.1 Å². The van der Waals surface area contributed by atoms with E-state index in [2.05, 4.69) is 5.32 Å². The minimum Gasteiger partial charge on any atom is -0.489 e. The summed E-state index contributed by atoms with van der Waals surface area (Å²) >= 11 is 0. The Labute approximate surface area is 153 Å². The monoisotopic (exact) mass is 357 g/mol. The fourth-order valence-electron chi connectivity index (χ4n) is 2.16. The van der Waals surface area contributed by atoms with E-state index in [1.165, 1.54) is 6.92 Å². The maximum absolute atomic E-state index is 12.2. The van der Waals surface area contributed by atoms with E-state index in [1.54, 1.807) is 31.4 Å². The Morgan fingerprint density at radius 3 is 2.58 bits per heavy atom. The van der Waals surface area contributed by atoms with Gasteiger partial charge in [0.1, 0.15) is 12.4 Å². The molecule has 1 amide bonds. The van der Waals surface area contributed by atoms with E-state index in [0.29, 0.717) is 31.1 Å². The third-order valence-electron chi connectivity index (χ3n) is 3.58. The number of methoxy groups -OCH3 is 1. The molecular weight excluding hydrogens is 334 g/mol. The lowest BCUT2D eigenvalue weighted by molar-refractivity contribution is -0.129. The summed E-state index contributed by atoms with van der Waals surface area (Å²) in [4.78, 5) is 24.1. The summed E-state index contributed by atoms with van der Waals surface area (Å²) in [7, 11) is 1.54. The van der Waals surface area contributed by atoms with Gasteiger partial charge in [0.15, 0.2) is 6.10 Å². The third kappa shape index (κ3) is 6.22. The van der Waals surface area contributed by atoms with Gasteiger partial charge >= 0.3 is 5.97 Å². The lowest BCUT2D eigenvalue weighted by Crippen LogP contribution is -2.37. The van der Waals surface area contributed by atoms with Gasteiger partial charge in [0.2, 0.25) is 0 Å². The van der Waals surface area contributed by atoms with Gasteiger partial charge in [0, 0.05) is 13.7 Å². The molecule has 0 saturated carbocycles. The molecule has 0 unspecified atom stereocenters. The van der Waals surface area contributed by atoms with Crippen LogP contribution in [0, 0.1) is 0 Å². The van der Waals surface area contributed by atoms with Crippen LogP contribution in [0.2, 0.25) is 0 Å². The first-order valence-electron chi connectivity index (χ1n) is 8.34. The second-order valence-electron chi connectivity index (χ2n) is 5.63. The average Bonchev–Trinajstić information content (AvgIpc) is 2.67. The van der Waals surface area contributed by atoms with Crippen molar-refractivity contribution in [2.24, 2.45) is 0 Å². The molecule has 0 saturated heterocycles. The highest BCUT2D eigenvalue weighted by atomic mass is 16.5. The van der Waals surface area contributed by atoms with E-state index in [1.807, 2.05) is 30.3 Å². The Kier molecular flexibility index (Phi) is 7.64. The molecule has 0 bridgehead atoms. The fourth-order valence-corrected chi connectivity index (χ4v) is 2.16. The van der Waals surface area contributed by atoms with Gasteiger partial charge in [0.25, 0.3) is 5.91 Å². The molecular formula is C20H23NO5. The number of rotatable bonds is 9. The standard InChI is InChI=1S/C20H23NO5/c1-15(19(22)21-11-12-24-2)26-20(23)17-9-6-10-18(13-17)25-14-16-7-4-3-5-8-16/h3-10,13,15H,11-12,14H2,1-2H3,(H,21,22)/t15-/m0/s1. The van der Waals surface area contributed by atoms with Gasteiger partial charge in [-0.25, -0.2) is 4.79 Å². The van der Waals surface area contributed by atoms with Gasteiger partial charge < -0.3 is 19.5 Å². The molecule has 0 aromatic heterocycles. The molecule has 26 heavy (non-hydrogen) atoms. The Hall–Kier alpha value is -2.86. The first-order valence-corrected chi connectivity index (χ1v) is 8.34. The number of esters is 1. The topological polar surface area (TPSA) is 73.9 Å². The fraction of sp³-hybridized carbons (Fsp3) is 0.300. The van der Waals surface area contributed by atoms with Gasteiger partial charge in [-0.15, -0.1) is 0 Å². The van der Waals surface area contributed by atoms with Crippen LogP contribution in [0.3, 0.4) is 0 Å². The van der Waals surface area contributed by atoms with Crippen LogP contribution >= 0.6 is 0 Å². The van der Waals surface area contributed by atoms with Gasteiger partial charge in [-0.1, -0.05) is 36.4 Å². The molecule has 2 rings (SSSR count). The molecule has 0 aliphatic heterocycles. The second-order valence-corrected chi connectivity index (χ2v) is 5.63. The smallest absolute Gasteiger partial charge is 0.339 e. The summed E-state index contributed by atoms with van der Waals surface area (Å²) in [6.07, 6.45) is -0.895. The zero-order valence-electron chi connectivity index (χ0n) is 14.9. The van der Waals surface area contributed by atoms with E-state index in [9.17, 15) is 9.59 Å². The second kappa shape index (κ2) is 10.2. The van der Waals surface area contributed by atoms with Crippen LogP contribution in [0.5, 0.6) is 5.75 Å². The van der Waals surface area contributed by atoms with E-state index in [-0.39, 0.29) is 5.91 Å². The van der Waals surface area contributed by atoms with E-state index < -0.39 is 12.1 Å². The maximum Gasteiger partial charge on any atom is 0.339 e. The van der Waals surface area contributed by atoms with Gasteiger partial charge in [0.05, 0.1) is 12.2 Å². The van der Waals surface area contributed by atoms with Crippen molar-refractivity contribution in [2.75, 3.05) is 20.3 Å². The highest BCUT2D eigenvalue weighted by molar-refractivity contribution is 5.92. The predicted octanol–water partition coefficient (Wildman–Crippen LogP) is 2.57. The van der Waals surface area contributed by atoms with Gasteiger partial charge in [-0.3, -0.25) is 4.79 Å². The molecule has 0 spiro atoms. The molecule has 0 fully saturated rings. The van der Waals surface area contributed by atoms with Crippen molar-refractivity contribution in [2.45, 2.75) is 19.6 Å². The Morgan fingerprint density at radius 2 is 1.85 bits per heavy atom. The van der Waals surface area contributed by atoms with Crippen molar-refractivity contribution in [1.29, 1.82) is 0 Å². The van der Waals surface area contributed by atoms with Crippen LogP contribution in [0.15, 0.2) is 54.6 Å². The van der Waals surface area contributed by atoms with Crippen LogP contribution in [0.25, 0.3) is 0 Å². The van der Waals surface area contributed by atoms with E-state index >= 15 is 0 Å². The summed E-state index contributed by atoms with van der Waals surface area (Å²) in [6, 6.07) is 16.4. The maximum atomic E-state index is 12.2. The molecule has 0 aliphatic carbocycles. The number of hydrogen-bond acceptors (Lipinski definition) is 5. The first kappa shape index (κ1) is 19.5. The van der Waals surface area contributed by atoms with Gasteiger partial charge in [-0.05, 0) is 30.7 Å². The summed E-state index contributed by atoms with van der Waals surface area (Å²) in [5.74, 6) is -0.392. The molecule has 0 radical (unpaired) electrons. The third-order valence-corrected chi connectivity index (χ3v) is 3.58. The van der Waals surface area contributed by atoms with Gasteiger partial charge in [-0.2, -0.15) is 0 Å². The molecule has 2 aromatic rings. The van der Waals surface area contributed by atoms with Crippen molar-refractivity contribution in [3.05, 3.63) is 65.7 Å². The van der Waals surface area contributed by atoms with Crippen molar-refractivity contribution in [3.63, 3.8) is 0 Å². The van der Waals surface area contributed by atoms with Crippen LogP contribution in [-0.2, 0) is 20.9 Å². The normalized spacial score (nSPS) is 11.5. The number of carbonyl (C=O) groups is 2. The quantitative estimate of drug-likeness (QED) is 0.551. The Balaban J connectivity index is 1.89. The Morgan fingerprint density at radius 1 is 1.08 bits per heavy atom. The molecule has 6 heteroatoms. The highest BCUT2D eigenvalue weighted by Crippen LogP contribution is 2.16. The molecule has 1 N–H and O–H groups in total. The van der Waals surface area contributed by atoms with Crippen molar-refractivity contribution in [3.8, 4) is 5.75 Å². The summed E-state index contributed by atoms with van der Waals surface area (Å²) in [6.45, 7) is 2.68. The van der Waals surface area contributed by atoms with Crippen molar-refractivity contribution in [1.82, 2.24) is 5.32 Å². The number of hydrogen-bond donors (Lipinski definition) is 1. The minimum absolute atomic E-state index is 0.326. The summed E-state index contributed by atoms with van der Waals surface area (Å²) in [5, 5.41) is 2.62. The molecule has 138 valence electrons. The number of nitrogens with one attached hydrogen (secondary N) is 1. The van der Waals surface area contributed by atoms with Crippen molar-refractivity contribution >= 4 is 11.9 Å². The number of benzene rings is 2. The molecule has 2 aromatic carbocycles. The zero-order chi connectivity index (χ0) is 18.8. The molecule has 6 nitrogen and oxygen atoms in total. The van der Waals surface area contributed by atoms with Crippen LogP contribution in [0.4, 0.5) is 0 Å². The number of carbonyl (C=O) groups excluding carboxylic acids is 2. The minimum atomic E-state index is -0.895. The average molecular weight is 357 g/mol. The lowest BCUT2D eigenvalue weighted by Gasteiger charge is -2.14. The number of amides is 1. The highest BCUT2D eigenvalue weighted by Gasteiger charge is 2.18. The largest absolute Gasteiger partial charge is 0.489 e. The van der Waals surface area contributed by atoms with E-state index in [4.69, 9.17) is 14.2 Å². The first-order chi connectivity index (χ1) is 12.6. The van der Waals surface area contributed by atoms with E-state index in [0.717, 1.165) is 5.56 Å². The zero-order valence-corrected chi connectivity index (χ0v) is 14.9. The SMILES string of the molecule is COCCNC(=O)[C@H](C)OC(=O)c1cccc(OCc2ccccc2)c1. The lowest BCUT2D eigenvalue weighted by atomic mass is 10.2. The number of ether oxygens (including phenoxy) is 3.